The smallest absolute Gasteiger partial charge is 0.227 e. The van der Waals surface area contributed by atoms with Gasteiger partial charge in [-0.2, -0.15) is 4.98 Å². The number of β-amino-alcohol motifs (C(OH)–C–C–N with tert-alkyl or cyclic N) is 1. The van der Waals surface area contributed by atoms with Gasteiger partial charge < -0.3 is 19.8 Å². The molecule has 27 heavy (non-hydrogen) atoms. The van der Waals surface area contributed by atoms with Gasteiger partial charge in [-0.25, -0.2) is 4.98 Å². The van der Waals surface area contributed by atoms with Gasteiger partial charge in [-0.3, -0.25) is 4.98 Å². The summed E-state index contributed by atoms with van der Waals surface area (Å²) < 4.78 is 0. The van der Waals surface area contributed by atoms with E-state index in [-0.39, 0.29) is 6.10 Å². The quantitative estimate of drug-likeness (QED) is 0.887. The summed E-state index contributed by atoms with van der Waals surface area (Å²) in [5.74, 6) is 1.71. The molecule has 1 unspecified atom stereocenters. The fraction of sp³-hybridized carbons (Fsp3) is 0.550. The van der Waals surface area contributed by atoms with Crippen molar-refractivity contribution in [2.45, 2.75) is 32.3 Å². The number of nitrogens with zero attached hydrogens (tertiary/aromatic N) is 6. The maximum absolute atomic E-state index is 9.95. The minimum atomic E-state index is -0.257. The monoisotopic (exact) mass is 368 g/mol. The van der Waals surface area contributed by atoms with Gasteiger partial charge >= 0.3 is 0 Å². The van der Waals surface area contributed by atoms with Crippen LogP contribution >= 0.6 is 0 Å². The van der Waals surface area contributed by atoms with Gasteiger partial charge in [0.25, 0.3) is 0 Å². The molecule has 0 aliphatic carbocycles. The van der Waals surface area contributed by atoms with E-state index in [1.165, 1.54) is 5.69 Å². The Morgan fingerprint density at radius 1 is 0.926 bits per heavy atom. The largest absolute Gasteiger partial charge is 0.391 e. The SMILES string of the molecule is Cc1cc(N2CCCN(c3nccc(N4CCCC(O)C4)n3)CC2)ccn1. The van der Waals surface area contributed by atoms with Crippen molar-refractivity contribution >= 4 is 17.5 Å². The fourth-order valence-electron chi connectivity index (χ4n) is 3.93. The number of pyridine rings is 1. The zero-order chi connectivity index (χ0) is 18.6. The van der Waals surface area contributed by atoms with E-state index in [0.717, 1.165) is 69.4 Å². The predicted octanol–water partition coefficient (Wildman–Crippen LogP) is 1.86. The van der Waals surface area contributed by atoms with Crippen LogP contribution in [0.5, 0.6) is 0 Å². The highest BCUT2D eigenvalue weighted by atomic mass is 16.3. The zero-order valence-corrected chi connectivity index (χ0v) is 16.0. The Kier molecular flexibility index (Phi) is 5.38. The first-order chi connectivity index (χ1) is 13.2. The van der Waals surface area contributed by atoms with E-state index in [1.807, 2.05) is 25.4 Å². The van der Waals surface area contributed by atoms with E-state index in [2.05, 4.69) is 36.8 Å². The van der Waals surface area contributed by atoms with Gasteiger partial charge in [0.05, 0.1) is 6.10 Å². The van der Waals surface area contributed by atoms with Gasteiger partial charge in [0.2, 0.25) is 5.95 Å². The minimum absolute atomic E-state index is 0.257. The predicted molar refractivity (Wildman–Crippen MR) is 108 cm³/mol. The Hall–Kier alpha value is -2.41. The molecule has 2 aliphatic rings. The third-order valence-corrected chi connectivity index (χ3v) is 5.37. The molecule has 2 aromatic rings. The van der Waals surface area contributed by atoms with Crippen LogP contribution in [0.25, 0.3) is 0 Å². The maximum atomic E-state index is 9.95. The van der Waals surface area contributed by atoms with Crippen LogP contribution in [-0.4, -0.2) is 65.4 Å². The van der Waals surface area contributed by atoms with Crippen molar-refractivity contribution < 1.29 is 5.11 Å². The summed E-state index contributed by atoms with van der Waals surface area (Å²) in [6.07, 6.45) is 6.42. The number of aliphatic hydroxyl groups excluding tert-OH is 1. The van der Waals surface area contributed by atoms with Crippen molar-refractivity contribution in [3.8, 4) is 0 Å². The number of piperidine rings is 1. The third-order valence-electron chi connectivity index (χ3n) is 5.37. The number of aromatic nitrogens is 3. The maximum Gasteiger partial charge on any atom is 0.227 e. The second-order valence-corrected chi connectivity index (χ2v) is 7.44. The van der Waals surface area contributed by atoms with Crippen LogP contribution in [0.15, 0.2) is 30.6 Å². The first kappa shape index (κ1) is 18.0. The number of anilines is 3. The van der Waals surface area contributed by atoms with E-state index in [9.17, 15) is 5.11 Å². The van der Waals surface area contributed by atoms with Gasteiger partial charge in [-0.05, 0) is 44.4 Å². The van der Waals surface area contributed by atoms with Gasteiger partial charge in [-0.1, -0.05) is 0 Å². The van der Waals surface area contributed by atoms with Crippen molar-refractivity contribution in [1.82, 2.24) is 15.0 Å². The molecular formula is C20H28N6O. The molecule has 0 radical (unpaired) electrons. The lowest BCUT2D eigenvalue weighted by Gasteiger charge is -2.31. The summed E-state index contributed by atoms with van der Waals surface area (Å²) in [6, 6.07) is 6.18. The minimum Gasteiger partial charge on any atom is -0.391 e. The number of hydrogen-bond donors (Lipinski definition) is 1. The molecule has 0 saturated carbocycles. The van der Waals surface area contributed by atoms with Gasteiger partial charge in [0, 0.05) is 63.0 Å². The van der Waals surface area contributed by atoms with Crippen LogP contribution in [0.3, 0.4) is 0 Å². The molecule has 144 valence electrons. The highest BCUT2D eigenvalue weighted by molar-refractivity contribution is 5.48. The topological polar surface area (TPSA) is 68.6 Å². The molecule has 1 atom stereocenters. The Labute approximate surface area is 160 Å². The lowest BCUT2D eigenvalue weighted by atomic mass is 10.1. The van der Waals surface area contributed by atoms with Gasteiger partial charge in [-0.15, -0.1) is 0 Å². The Balaban J connectivity index is 1.45. The Morgan fingerprint density at radius 3 is 2.56 bits per heavy atom. The molecule has 0 bridgehead atoms. The first-order valence-electron chi connectivity index (χ1n) is 9.88. The lowest BCUT2D eigenvalue weighted by molar-refractivity contribution is 0.154. The van der Waals surface area contributed by atoms with Crippen LogP contribution in [0.2, 0.25) is 0 Å². The van der Waals surface area contributed by atoms with Crippen LogP contribution in [0.4, 0.5) is 17.5 Å². The molecule has 2 saturated heterocycles. The van der Waals surface area contributed by atoms with E-state index < -0.39 is 0 Å². The zero-order valence-electron chi connectivity index (χ0n) is 16.0. The first-order valence-corrected chi connectivity index (χ1v) is 9.88. The number of aryl methyl sites for hydroxylation is 1. The molecule has 2 aliphatic heterocycles. The average Bonchev–Trinajstić information content (AvgIpc) is 2.94. The molecule has 1 N–H and O–H groups in total. The summed E-state index contributed by atoms with van der Waals surface area (Å²) in [5, 5.41) is 9.95. The summed E-state index contributed by atoms with van der Waals surface area (Å²) in [5.41, 5.74) is 2.29. The van der Waals surface area contributed by atoms with Crippen molar-refractivity contribution in [3.63, 3.8) is 0 Å². The third kappa shape index (κ3) is 4.30. The van der Waals surface area contributed by atoms with Crippen molar-refractivity contribution in [2.24, 2.45) is 0 Å². The molecule has 0 amide bonds. The highest BCUT2D eigenvalue weighted by Crippen LogP contribution is 2.22. The summed E-state index contributed by atoms with van der Waals surface area (Å²) in [6.45, 7) is 7.45. The normalized spacial score (nSPS) is 21.3. The van der Waals surface area contributed by atoms with E-state index in [1.54, 1.807) is 0 Å². The Morgan fingerprint density at radius 2 is 1.70 bits per heavy atom. The van der Waals surface area contributed by atoms with E-state index >= 15 is 0 Å². The molecule has 7 nitrogen and oxygen atoms in total. The average molecular weight is 368 g/mol. The van der Waals surface area contributed by atoms with Crippen molar-refractivity contribution in [3.05, 3.63) is 36.3 Å². The molecule has 0 spiro atoms. The molecule has 2 fully saturated rings. The lowest BCUT2D eigenvalue weighted by Crippen LogP contribution is -2.39. The van der Waals surface area contributed by atoms with Crippen LogP contribution in [0.1, 0.15) is 25.0 Å². The molecule has 4 rings (SSSR count). The molecule has 2 aromatic heterocycles. The molecular weight excluding hydrogens is 340 g/mol. The van der Waals surface area contributed by atoms with Crippen molar-refractivity contribution in [2.75, 3.05) is 54.0 Å². The summed E-state index contributed by atoms with van der Waals surface area (Å²) >= 11 is 0. The van der Waals surface area contributed by atoms with Crippen molar-refractivity contribution in [1.29, 1.82) is 0 Å². The number of rotatable bonds is 3. The Bertz CT molecular complexity index is 770. The highest BCUT2D eigenvalue weighted by Gasteiger charge is 2.21. The standard InChI is InChI=1S/C20H28N6O/c1-16-14-17(5-7-21-16)24-10-3-11-25(13-12-24)20-22-8-6-19(23-20)26-9-2-4-18(27)15-26/h5-8,14,18,27H,2-4,9-13,15H2,1H3. The van der Waals surface area contributed by atoms with Crippen LogP contribution < -0.4 is 14.7 Å². The molecule has 7 heteroatoms. The summed E-state index contributed by atoms with van der Waals surface area (Å²) in [4.78, 5) is 20.5. The summed E-state index contributed by atoms with van der Waals surface area (Å²) in [7, 11) is 0. The number of aliphatic hydroxyl groups is 1. The van der Waals surface area contributed by atoms with E-state index in [0.29, 0.717) is 6.54 Å². The van der Waals surface area contributed by atoms with Crippen LogP contribution in [0, 0.1) is 6.92 Å². The van der Waals surface area contributed by atoms with Gasteiger partial charge in [0.15, 0.2) is 0 Å². The number of hydrogen-bond acceptors (Lipinski definition) is 7. The fourth-order valence-corrected chi connectivity index (χ4v) is 3.93. The van der Waals surface area contributed by atoms with E-state index in [4.69, 9.17) is 4.98 Å². The second kappa shape index (κ2) is 8.08. The van der Waals surface area contributed by atoms with Crippen LogP contribution in [-0.2, 0) is 0 Å². The molecule has 4 heterocycles. The molecule has 0 aromatic carbocycles. The second-order valence-electron chi connectivity index (χ2n) is 7.44. The van der Waals surface area contributed by atoms with Gasteiger partial charge in [0.1, 0.15) is 5.82 Å².